The highest BCUT2D eigenvalue weighted by molar-refractivity contribution is 5.94. The molecule has 0 spiro atoms. The Morgan fingerprint density at radius 3 is 2.08 bits per heavy atom. The quantitative estimate of drug-likeness (QED) is 0.112. The molecule has 4 heterocycles. The minimum absolute atomic E-state index is 0.00989. The van der Waals surface area contributed by atoms with Crippen molar-refractivity contribution in [1.82, 2.24) is 35.6 Å². The van der Waals surface area contributed by atoms with Crippen LogP contribution in [-0.2, 0) is 35.9 Å². The van der Waals surface area contributed by atoms with Gasteiger partial charge < -0.3 is 19.9 Å². The summed E-state index contributed by atoms with van der Waals surface area (Å²) >= 11 is 0. The first-order valence-electron chi connectivity index (χ1n) is 22.0. The van der Waals surface area contributed by atoms with Gasteiger partial charge in [-0.15, -0.1) is 0 Å². The zero-order chi connectivity index (χ0) is 45.0. The van der Waals surface area contributed by atoms with Crippen LogP contribution in [0.15, 0.2) is 140 Å². The lowest BCUT2D eigenvalue weighted by Gasteiger charge is -2.37. The first kappa shape index (κ1) is 43.7. The van der Waals surface area contributed by atoms with E-state index in [0.717, 1.165) is 27.6 Å². The summed E-state index contributed by atoms with van der Waals surface area (Å²) in [7, 11) is 0. The average molecular weight is 858 g/mol. The van der Waals surface area contributed by atoms with Crippen molar-refractivity contribution in [2.75, 3.05) is 6.54 Å². The van der Waals surface area contributed by atoms with Crippen LogP contribution >= 0.6 is 0 Å². The van der Waals surface area contributed by atoms with Crippen LogP contribution in [0.1, 0.15) is 87.2 Å². The van der Waals surface area contributed by atoms with Crippen molar-refractivity contribution in [3.8, 4) is 0 Å². The Hall–Kier alpha value is -6.92. The highest BCUT2D eigenvalue weighted by Gasteiger charge is 2.40. The highest BCUT2D eigenvalue weighted by atomic mass is 16.5. The van der Waals surface area contributed by atoms with Gasteiger partial charge in [0, 0.05) is 24.5 Å². The largest absolute Gasteiger partial charge is 0.455 e. The third-order valence-corrected chi connectivity index (χ3v) is 12.3. The van der Waals surface area contributed by atoms with E-state index in [1.807, 2.05) is 111 Å². The number of benzene rings is 4. The molecular weight excluding hydrogens is 803 g/mol. The van der Waals surface area contributed by atoms with E-state index in [-0.39, 0.29) is 24.8 Å². The van der Waals surface area contributed by atoms with Gasteiger partial charge in [-0.25, -0.2) is 15.4 Å². The average Bonchev–Trinajstić information content (AvgIpc) is 3.78. The first-order valence-corrected chi connectivity index (χ1v) is 22.0. The maximum absolute atomic E-state index is 14.8. The molecule has 328 valence electrons. The molecule has 2 aromatic heterocycles. The summed E-state index contributed by atoms with van der Waals surface area (Å²) in [4.78, 5) is 66.8. The molecule has 6 aromatic rings. The van der Waals surface area contributed by atoms with Crippen LogP contribution < -0.4 is 16.1 Å². The van der Waals surface area contributed by atoms with E-state index < -0.39 is 53.0 Å². The molecule has 5 bridgehead atoms. The Balaban J connectivity index is 1.17. The van der Waals surface area contributed by atoms with Crippen LogP contribution in [-0.4, -0.2) is 67.9 Å². The number of rotatable bonds is 7. The number of nitrogens with zero attached hydrogens (tertiary/aromatic N) is 4. The number of pyridine rings is 1. The number of hydrazine groups is 1. The van der Waals surface area contributed by atoms with Crippen LogP contribution in [0.3, 0.4) is 0 Å². The molecule has 12 heteroatoms. The van der Waals surface area contributed by atoms with E-state index in [4.69, 9.17) is 14.7 Å². The lowest BCUT2D eigenvalue weighted by atomic mass is 9.77. The van der Waals surface area contributed by atoms with Gasteiger partial charge in [-0.2, -0.15) is 0 Å². The van der Waals surface area contributed by atoms with Crippen LogP contribution in [0, 0.1) is 11.3 Å². The number of hydrogen-bond acceptors (Lipinski definition) is 8. The third-order valence-electron chi connectivity index (χ3n) is 12.3. The lowest BCUT2D eigenvalue weighted by molar-refractivity contribution is -0.157. The second-order valence-corrected chi connectivity index (χ2v) is 17.7. The van der Waals surface area contributed by atoms with Gasteiger partial charge in [0.2, 0.25) is 11.8 Å². The monoisotopic (exact) mass is 857 g/mol. The summed E-state index contributed by atoms with van der Waals surface area (Å²) in [5.41, 5.74) is 6.92. The van der Waals surface area contributed by atoms with Gasteiger partial charge in [0.05, 0.1) is 28.6 Å². The van der Waals surface area contributed by atoms with Gasteiger partial charge in [0.1, 0.15) is 29.8 Å². The molecule has 0 radical (unpaired) electrons. The molecule has 4 aromatic carbocycles. The van der Waals surface area contributed by atoms with E-state index in [9.17, 15) is 19.2 Å². The number of carbonyl (C=O) groups excluding carboxylic acids is 4. The topological polar surface area (TPSA) is 148 Å². The van der Waals surface area contributed by atoms with Gasteiger partial charge in [0.25, 0.3) is 5.91 Å². The van der Waals surface area contributed by atoms with Crippen LogP contribution in [0.5, 0.6) is 0 Å². The Labute approximate surface area is 374 Å². The summed E-state index contributed by atoms with van der Waals surface area (Å²) in [5, 5.41) is 8.33. The molecule has 12 nitrogen and oxygen atoms in total. The number of aromatic nitrogens is 3. The van der Waals surface area contributed by atoms with Gasteiger partial charge >= 0.3 is 5.97 Å². The summed E-state index contributed by atoms with van der Waals surface area (Å²) < 4.78 is 8.03. The molecule has 0 aliphatic carbocycles. The first-order chi connectivity index (χ1) is 30.8. The van der Waals surface area contributed by atoms with E-state index in [1.165, 1.54) is 5.01 Å². The van der Waals surface area contributed by atoms with Gasteiger partial charge in [-0.3, -0.25) is 24.2 Å². The molecular formula is C52H55N7O5. The molecule has 8 rings (SSSR count). The molecule has 1 fully saturated rings. The van der Waals surface area contributed by atoms with E-state index in [1.54, 1.807) is 33.2 Å². The summed E-state index contributed by atoms with van der Waals surface area (Å²) in [5.74, 6) is -2.17. The molecule has 3 amide bonds. The van der Waals surface area contributed by atoms with Crippen molar-refractivity contribution >= 4 is 40.7 Å². The minimum atomic E-state index is -1.14. The molecule has 0 saturated carbocycles. The standard InChI is InChI=1S/C52H55N7O5/c1-34(2)46-47(60)55-45(31-41-32-58(33-53-41)52(38-16-9-6-10-17-38,39-18-11-7-12-19-39)40-20-13-8-14-21-40)48(61)59-29-15-22-43(57-59)49(62)64-35(3)42-26-25-37-24-23-36(30-44(37)54-42)27-28-51(4,5)50(63)56-46/h6-14,16-21,23-28,30,32-35,43,45-46,57H,15,22,29,31H2,1-5H3,(H,55,60)(H,56,63)/b28-27+/t35-,43+,45+,46+/m1/s1. The Morgan fingerprint density at radius 1 is 0.828 bits per heavy atom. The number of hydrogen-bond donors (Lipinski definition) is 3. The number of imidazole rings is 1. The second-order valence-electron chi connectivity index (χ2n) is 17.7. The van der Waals surface area contributed by atoms with Crippen molar-refractivity contribution in [3.05, 3.63) is 174 Å². The second kappa shape index (κ2) is 18.4. The molecule has 2 aliphatic rings. The Bertz CT molecular complexity index is 2570. The van der Waals surface area contributed by atoms with Crippen molar-refractivity contribution in [1.29, 1.82) is 0 Å². The number of cyclic esters (lactones) is 1. The van der Waals surface area contributed by atoms with Crippen molar-refractivity contribution < 1.29 is 23.9 Å². The number of esters is 1. The Kier molecular flexibility index (Phi) is 12.6. The maximum Gasteiger partial charge on any atom is 0.325 e. The zero-order valence-electron chi connectivity index (χ0n) is 36.9. The van der Waals surface area contributed by atoms with Gasteiger partial charge in [-0.1, -0.05) is 135 Å². The fraction of sp³-hybridized carbons (Fsp3) is 0.308. The van der Waals surface area contributed by atoms with E-state index in [2.05, 4.69) is 57.0 Å². The smallest absolute Gasteiger partial charge is 0.325 e. The highest BCUT2D eigenvalue weighted by Crippen LogP contribution is 2.41. The Morgan fingerprint density at radius 2 is 1.45 bits per heavy atom. The summed E-state index contributed by atoms with van der Waals surface area (Å²) in [6.45, 7) is 9.34. The fourth-order valence-electron chi connectivity index (χ4n) is 8.65. The van der Waals surface area contributed by atoms with Gasteiger partial charge in [0.15, 0.2) is 0 Å². The zero-order valence-corrected chi connectivity index (χ0v) is 36.9. The molecule has 2 aliphatic heterocycles. The van der Waals surface area contributed by atoms with Gasteiger partial charge in [-0.05, 0) is 73.9 Å². The predicted molar refractivity (Wildman–Crippen MR) is 246 cm³/mol. The van der Waals surface area contributed by atoms with Crippen molar-refractivity contribution in [2.45, 2.75) is 83.6 Å². The van der Waals surface area contributed by atoms with E-state index >= 15 is 0 Å². The third kappa shape index (κ3) is 8.96. The molecule has 0 unspecified atom stereocenters. The molecule has 4 atom stereocenters. The number of carbonyl (C=O) groups is 4. The minimum Gasteiger partial charge on any atom is -0.455 e. The van der Waals surface area contributed by atoms with Crippen molar-refractivity contribution in [3.63, 3.8) is 0 Å². The van der Waals surface area contributed by atoms with Crippen LogP contribution in [0.25, 0.3) is 17.0 Å². The summed E-state index contributed by atoms with van der Waals surface area (Å²) in [6.07, 6.45) is 7.65. The number of ether oxygens (including phenoxy) is 1. The molecule has 3 N–H and O–H groups in total. The number of amides is 3. The number of nitrogens with one attached hydrogen (secondary N) is 3. The van der Waals surface area contributed by atoms with E-state index in [0.29, 0.717) is 29.7 Å². The van der Waals surface area contributed by atoms with Crippen molar-refractivity contribution in [2.24, 2.45) is 11.3 Å². The predicted octanol–water partition coefficient (Wildman–Crippen LogP) is 7.29. The molecule has 1 saturated heterocycles. The maximum atomic E-state index is 14.8. The lowest BCUT2D eigenvalue weighted by Crippen LogP contribution is -2.62. The normalized spacial score (nSPS) is 21.6. The number of fused-ring (bicyclic) bond motifs is 4. The fourth-order valence-corrected chi connectivity index (χ4v) is 8.65. The SMILES string of the molecule is CC(C)[C@@H]1NC(=O)C(C)(C)/C=C/c2ccc3ccc(nc3c2)[C@@H](C)OC(=O)[C@@H]2CCCN(N2)C(=O)[C@H](Cc2cn(C(c3ccccc3)(c3ccccc3)c3ccccc3)cn2)NC1=O. The molecule has 64 heavy (non-hydrogen) atoms. The van der Waals surface area contributed by atoms with Crippen LogP contribution in [0.2, 0.25) is 0 Å². The summed E-state index contributed by atoms with van der Waals surface area (Å²) in [6, 6.07) is 37.2. The van der Waals surface area contributed by atoms with Crippen LogP contribution in [0.4, 0.5) is 0 Å².